The molecule has 0 aliphatic heterocycles. The van der Waals surface area contributed by atoms with Gasteiger partial charge in [0.2, 0.25) is 0 Å². The molecule has 6 heteroatoms. The maximum atomic E-state index is 12.7. The van der Waals surface area contributed by atoms with Gasteiger partial charge in [-0.25, -0.2) is 9.97 Å². The number of rotatable bonds is 5. The smallest absolute Gasteiger partial charge is 0.255 e. The maximum Gasteiger partial charge on any atom is 0.255 e. The Morgan fingerprint density at radius 2 is 1.38 bits per heavy atom. The molecule has 0 spiro atoms. The average molecular weight is 398 g/mol. The number of nitrogen functional groups attached to an aromatic ring is 1. The number of nitrogens with one attached hydrogen (secondary N) is 1. The lowest BCUT2D eigenvalue weighted by Gasteiger charge is -2.14. The van der Waals surface area contributed by atoms with Gasteiger partial charge in [-0.3, -0.25) is 4.79 Å². The van der Waals surface area contributed by atoms with Crippen molar-refractivity contribution in [1.29, 1.82) is 0 Å². The Hall–Kier alpha value is -3.64. The van der Waals surface area contributed by atoms with Gasteiger partial charge >= 0.3 is 0 Å². The first-order valence-corrected chi connectivity index (χ1v) is 9.84. The van der Waals surface area contributed by atoms with E-state index in [1.165, 1.54) is 11.8 Å². The number of nitrogens with zero attached hydrogens (tertiary/aromatic N) is 2. The monoisotopic (exact) mass is 398 g/mol. The van der Waals surface area contributed by atoms with Crippen LogP contribution in [0.15, 0.2) is 101 Å². The fraction of sp³-hybridized carbons (Fsp3) is 0. The summed E-state index contributed by atoms with van der Waals surface area (Å²) in [5, 5.41) is 3.47. The summed E-state index contributed by atoms with van der Waals surface area (Å²) in [5.41, 5.74) is 8.06. The maximum absolute atomic E-state index is 12.7. The molecular weight excluding hydrogens is 380 g/mol. The van der Waals surface area contributed by atoms with E-state index in [4.69, 9.17) is 10.7 Å². The summed E-state index contributed by atoms with van der Waals surface area (Å²) in [5.74, 6) is 0.476. The summed E-state index contributed by atoms with van der Waals surface area (Å²) in [7, 11) is 0. The molecule has 0 aliphatic carbocycles. The highest BCUT2D eigenvalue weighted by Gasteiger charge is 2.18. The molecule has 0 radical (unpaired) electrons. The van der Waals surface area contributed by atoms with Gasteiger partial charge in [-0.1, -0.05) is 78.5 Å². The molecule has 0 saturated carbocycles. The van der Waals surface area contributed by atoms with Gasteiger partial charge in [-0.2, -0.15) is 0 Å². The van der Waals surface area contributed by atoms with E-state index in [0.29, 0.717) is 22.1 Å². The van der Waals surface area contributed by atoms with Gasteiger partial charge in [0.25, 0.3) is 5.91 Å². The van der Waals surface area contributed by atoms with Crippen LogP contribution in [0, 0.1) is 0 Å². The minimum Gasteiger partial charge on any atom is -0.382 e. The first-order chi connectivity index (χ1) is 14.2. The molecule has 3 N–H and O–H groups in total. The van der Waals surface area contributed by atoms with Crippen LogP contribution in [-0.4, -0.2) is 15.9 Å². The van der Waals surface area contributed by atoms with Crippen LogP contribution in [0.5, 0.6) is 0 Å². The van der Waals surface area contributed by atoms with Gasteiger partial charge in [0, 0.05) is 16.0 Å². The van der Waals surface area contributed by atoms with Crippen LogP contribution in [0.2, 0.25) is 0 Å². The molecule has 0 atom stereocenters. The van der Waals surface area contributed by atoms with E-state index < -0.39 is 0 Å². The molecule has 29 heavy (non-hydrogen) atoms. The van der Waals surface area contributed by atoms with Gasteiger partial charge < -0.3 is 11.1 Å². The lowest BCUT2D eigenvalue weighted by molar-refractivity contribution is 0.102. The fourth-order valence-corrected chi connectivity index (χ4v) is 3.65. The van der Waals surface area contributed by atoms with Crippen LogP contribution in [-0.2, 0) is 0 Å². The van der Waals surface area contributed by atoms with E-state index in [0.717, 1.165) is 10.5 Å². The van der Waals surface area contributed by atoms with E-state index in [1.54, 1.807) is 12.1 Å². The Morgan fingerprint density at radius 3 is 2.03 bits per heavy atom. The van der Waals surface area contributed by atoms with Crippen molar-refractivity contribution >= 4 is 29.2 Å². The normalized spacial score (nSPS) is 10.5. The van der Waals surface area contributed by atoms with Crippen molar-refractivity contribution in [3.05, 3.63) is 96.6 Å². The molecule has 0 unspecified atom stereocenters. The Kier molecular flexibility index (Phi) is 5.54. The van der Waals surface area contributed by atoms with Crippen LogP contribution in [0.3, 0.4) is 0 Å². The first-order valence-electron chi connectivity index (χ1n) is 9.03. The second-order valence-electron chi connectivity index (χ2n) is 6.21. The molecule has 4 aromatic rings. The van der Waals surface area contributed by atoms with Gasteiger partial charge in [0.05, 0.1) is 0 Å². The second kappa shape index (κ2) is 8.58. The minimum absolute atomic E-state index is 0.224. The van der Waals surface area contributed by atoms with Crippen molar-refractivity contribution in [3.8, 4) is 11.4 Å². The predicted molar refractivity (Wildman–Crippen MR) is 117 cm³/mol. The number of hydrogen-bond donors (Lipinski definition) is 2. The lowest BCUT2D eigenvalue weighted by Crippen LogP contribution is -2.15. The standard InChI is InChI=1S/C23H18N4OS/c24-20-19(25-22(28)17-12-6-2-7-13-17)23(29-18-14-8-3-9-15-18)27-21(26-20)16-10-4-1-5-11-16/h1-15H,(H,25,28)(H2,24,26,27). The molecule has 142 valence electrons. The molecule has 3 aromatic carbocycles. The van der Waals surface area contributed by atoms with Crippen LogP contribution in [0.4, 0.5) is 11.5 Å². The summed E-state index contributed by atoms with van der Waals surface area (Å²) in [6.07, 6.45) is 0. The third-order valence-corrected chi connectivity index (χ3v) is 5.16. The molecule has 1 heterocycles. The highest BCUT2D eigenvalue weighted by atomic mass is 32.2. The number of benzene rings is 3. The SMILES string of the molecule is Nc1nc(-c2ccccc2)nc(Sc2ccccc2)c1NC(=O)c1ccccc1. The number of amides is 1. The van der Waals surface area contributed by atoms with Crippen molar-refractivity contribution in [2.45, 2.75) is 9.92 Å². The molecule has 1 amide bonds. The number of carbonyl (C=O) groups excluding carboxylic acids is 1. The zero-order valence-electron chi connectivity index (χ0n) is 15.4. The van der Waals surface area contributed by atoms with Crippen LogP contribution in [0.25, 0.3) is 11.4 Å². The Morgan fingerprint density at radius 1 is 0.793 bits per heavy atom. The summed E-state index contributed by atoms with van der Waals surface area (Å²) in [6.45, 7) is 0. The lowest BCUT2D eigenvalue weighted by atomic mass is 10.2. The molecule has 0 saturated heterocycles. The fourth-order valence-electron chi connectivity index (χ4n) is 2.74. The number of carbonyl (C=O) groups is 1. The summed E-state index contributed by atoms with van der Waals surface area (Å²) in [4.78, 5) is 22.8. The third-order valence-electron chi connectivity index (χ3n) is 4.17. The molecular formula is C23H18N4OS. The van der Waals surface area contributed by atoms with E-state index in [1.807, 2.05) is 78.9 Å². The Bertz CT molecular complexity index is 1120. The molecule has 0 aliphatic rings. The van der Waals surface area contributed by atoms with Crippen molar-refractivity contribution in [1.82, 2.24) is 9.97 Å². The van der Waals surface area contributed by atoms with Crippen molar-refractivity contribution in [2.24, 2.45) is 0 Å². The summed E-state index contributed by atoms with van der Waals surface area (Å²) >= 11 is 1.43. The number of aromatic nitrogens is 2. The van der Waals surface area contributed by atoms with Gasteiger partial charge in [0.15, 0.2) is 11.6 Å². The van der Waals surface area contributed by atoms with Crippen molar-refractivity contribution < 1.29 is 4.79 Å². The zero-order chi connectivity index (χ0) is 20.1. The average Bonchev–Trinajstić information content (AvgIpc) is 2.77. The highest BCUT2D eigenvalue weighted by molar-refractivity contribution is 7.99. The van der Waals surface area contributed by atoms with Crippen LogP contribution >= 0.6 is 11.8 Å². The highest BCUT2D eigenvalue weighted by Crippen LogP contribution is 2.36. The van der Waals surface area contributed by atoms with Crippen LogP contribution in [0.1, 0.15) is 10.4 Å². The first kappa shape index (κ1) is 18.7. The van der Waals surface area contributed by atoms with E-state index in [2.05, 4.69) is 10.3 Å². The zero-order valence-corrected chi connectivity index (χ0v) is 16.3. The van der Waals surface area contributed by atoms with Gasteiger partial charge in [-0.05, 0) is 24.3 Å². The van der Waals surface area contributed by atoms with E-state index in [9.17, 15) is 4.79 Å². The quantitative estimate of drug-likeness (QED) is 0.456. The largest absolute Gasteiger partial charge is 0.382 e. The molecule has 4 rings (SSSR count). The summed E-state index contributed by atoms with van der Waals surface area (Å²) < 4.78 is 0. The topological polar surface area (TPSA) is 80.9 Å². The molecule has 1 aromatic heterocycles. The molecule has 0 bridgehead atoms. The van der Waals surface area contributed by atoms with Gasteiger partial charge in [0.1, 0.15) is 10.7 Å². The van der Waals surface area contributed by atoms with Crippen molar-refractivity contribution in [2.75, 3.05) is 11.1 Å². The number of hydrogen-bond acceptors (Lipinski definition) is 5. The third kappa shape index (κ3) is 4.44. The number of anilines is 2. The minimum atomic E-state index is -0.261. The van der Waals surface area contributed by atoms with Gasteiger partial charge in [-0.15, -0.1) is 0 Å². The second-order valence-corrected chi connectivity index (χ2v) is 7.28. The molecule has 5 nitrogen and oxygen atoms in total. The van der Waals surface area contributed by atoms with E-state index >= 15 is 0 Å². The molecule has 0 fully saturated rings. The van der Waals surface area contributed by atoms with E-state index in [-0.39, 0.29) is 11.7 Å². The number of nitrogens with two attached hydrogens (primary N) is 1. The van der Waals surface area contributed by atoms with Crippen LogP contribution < -0.4 is 11.1 Å². The van der Waals surface area contributed by atoms with Crippen molar-refractivity contribution in [3.63, 3.8) is 0 Å². The summed E-state index contributed by atoms with van der Waals surface area (Å²) in [6, 6.07) is 28.4. The Balaban J connectivity index is 1.75. The predicted octanol–water partition coefficient (Wildman–Crippen LogP) is 5.13. The Labute approximate surface area is 173 Å².